The number of carbonyl (C=O) groups is 1. The molecule has 0 saturated heterocycles. The summed E-state index contributed by atoms with van der Waals surface area (Å²) in [5.74, 6) is -0.394. The van der Waals surface area contributed by atoms with Crippen molar-refractivity contribution in [1.82, 2.24) is 9.38 Å². The van der Waals surface area contributed by atoms with Crippen LogP contribution in [0.5, 0.6) is 0 Å². The summed E-state index contributed by atoms with van der Waals surface area (Å²) in [6, 6.07) is 5.16. The Morgan fingerprint density at radius 1 is 1.56 bits per heavy atom. The summed E-state index contributed by atoms with van der Waals surface area (Å²) in [6.45, 7) is 1.94. The van der Waals surface area contributed by atoms with Crippen LogP contribution in [0.15, 0.2) is 24.4 Å². The number of imidazole rings is 1. The molecule has 0 radical (unpaired) electrons. The molecule has 0 bridgehead atoms. The monoisotopic (exact) mass is 220 g/mol. The zero-order valence-corrected chi connectivity index (χ0v) is 8.88. The zero-order valence-electron chi connectivity index (χ0n) is 8.88. The zero-order chi connectivity index (χ0) is 11.5. The molecular weight excluding hydrogens is 208 g/mol. The largest absolute Gasteiger partial charge is 0.461 e. The van der Waals surface area contributed by atoms with Crippen LogP contribution in [0.2, 0.25) is 0 Å². The van der Waals surface area contributed by atoms with Crippen LogP contribution < -0.4 is 0 Å². The highest BCUT2D eigenvalue weighted by Crippen LogP contribution is 2.10. The third-order valence-electron chi connectivity index (χ3n) is 2.19. The highest BCUT2D eigenvalue weighted by molar-refractivity contribution is 5.88. The van der Waals surface area contributed by atoms with Crippen molar-refractivity contribution in [2.45, 2.75) is 13.5 Å². The number of carbonyl (C=O) groups excluding carboxylic acids is 1. The van der Waals surface area contributed by atoms with Crippen molar-refractivity contribution in [2.24, 2.45) is 0 Å². The van der Waals surface area contributed by atoms with E-state index in [0.29, 0.717) is 23.6 Å². The number of pyridine rings is 1. The van der Waals surface area contributed by atoms with Gasteiger partial charge in [0.1, 0.15) is 11.3 Å². The Morgan fingerprint density at radius 2 is 2.38 bits per heavy atom. The standard InChI is InChI=1S/C11H12N2O3/c1-2-16-11(15)9-4-3-5-10-12-8(7-14)6-13(9)10/h3-6,14H,2,7H2,1H3. The molecule has 0 aliphatic rings. The lowest BCUT2D eigenvalue weighted by Gasteiger charge is -2.03. The summed E-state index contributed by atoms with van der Waals surface area (Å²) in [4.78, 5) is 15.8. The molecule has 0 saturated carbocycles. The lowest BCUT2D eigenvalue weighted by molar-refractivity contribution is 0.0517. The van der Waals surface area contributed by atoms with Gasteiger partial charge in [0.05, 0.1) is 18.9 Å². The number of rotatable bonds is 3. The fourth-order valence-corrected chi connectivity index (χ4v) is 1.51. The minimum atomic E-state index is -0.394. The number of hydrogen-bond donors (Lipinski definition) is 1. The molecule has 5 heteroatoms. The van der Waals surface area contributed by atoms with E-state index in [9.17, 15) is 4.79 Å². The highest BCUT2D eigenvalue weighted by Gasteiger charge is 2.12. The van der Waals surface area contributed by atoms with Gasteiger partial charge in [0.2, 0.25) is 0 Å². The van der Waals surface area contributed by atoms with Gasteiger partial charge in [-0.3, -0.25) is 4.40 Å². The maximum absolute atomic E-state index is 11.6. The third-order valence-corrected chi connectivity index (χ3v) is 2.19. The van der Waals surface area contributed by atoms with Gasteiger partial charge in [-0.1, -0.05) is 6.07 Å². The van der Waals surface area contributed by atoms with Gasteiger partial charge >= 0.3 is 5.97 Å². The smallest absolute Gasteiger partial charge is 0.355 e. The van der Waals surface area contributed by atoms with Crippen molar-refractivity contribution in [3.05, 3.63) is 35.8 Å². The van der Waals surface area contributed by atoms with E-state index in [0.717, 1.165) is 0 Å². The number of nitrogens with zero attached hydrogens (tertiary/aromatic N) is 2. The summed E-state index contributed by atoms with van der Waals surface area (Å²) in [6.07, 6.45) is 1.63. The molecule has 2 aromatic heterocycles. The summed E-state index contributed by atoms with van der Waals surface area (Å²) < 4.78 is 6.54. The molecule has 0 aromatic carbocycles. The molecule has 0 aliphatic carbocycles. The first-order valence-corrected chi connectivity index (χ1v) is 5.01. The predicted octanol–water partition coefficient (Wildman–Crippen LogP) is 1.00. The van der Waals surface area contributed by atoms with E-state index in [1.54, 1.807) is 35.7 Å². The topological polar surface area (TPSA) is 63.8 Å². The van der Waals surface area contributed by atoms with Gasteiger partial charge in [0.25, 0.3) is 0 Å². The van der Waals surface area contributed by atoms with Gasteiger partial charge in [0, 0.05) is 6.20 Å². The van der Waals surface area contributed by atoms with Crippen molar-refractivity contribution in [3.63, 3.8) is 0 Å². The van der Waals surface area contributed by atoms with E-state index in [2.05, 4.69) is 4.98 Å². The van der Waals surface area contributed by atoms with Crippen molar-refractivity contribution >= 4 is 11.6 Å². The van der Waals surface area contributed by atoms with Gasteiger partial charge in [-0.15, -0.1) is 0 Å². The van der Waals surface area contributed by atoms with Gasteiger partial charge < -0.3 is 9.84 Å². The molecular formula is C11H12N2O3. The normalized spacial score (nSPS) is 10.6. The minimum Gasteiger partial charge on any atom is -0.461 e. The second kappa shape index (κ2) is 4.32. The van der Waals surface area contributed by atoms with E-state index in [1.807, 2.05) is 0 Å². The Balaban J connectivity index is 2.52. The molecule has 84 valence electrons. The van der Waals surface area contributed by atoms with Gasteiger partial charge in [0.15, 0.2) is 0 Å². The van der Waals surface area contributed by atoms with E-state index >= 15 is 0 Å². The predicted molar refractivity (Wildman–Crippen MR) is 57.1 cm³/mol. The lowest BCUT2D eigenvalue weighted by Crippen LogP contribution is -2.09. The molecule has 1 N–H and O–H groups in total. The van der Waals surface area contributed by atoms with Crippen LogP contribution in [0.4, 0.5) is 0 Å². The van der Waals surface area contributed by atoms with Crippen molar-refractivity contribution in [2.75, 3.05) is 6.61 Å². The van der Waals surface area contributed by atoms with Gasteiger partial charge in [-0.2, -0.15) is 0 Å². The minimum absolute atomic E-state index is 0.149. The Labute approximate surface area is 92.3 Å². The Bertz CT molecular complexity index is 519. The van der Waals surface area contributed by atoms with Crippen LogP contribution in [0.25, 0.3) is 5.65 Å². The molecule has 16 heavy (non-hydrogen) atoms. The molecule has 0 atom stereocenters. The highest BCUT2D eigenvalue weighted by atomic mass is 16.5. The molecule has 2 aromatic rings. The summed E-state index contributed by atoms with van der Waals surface area (Å²) in [7, 11) is 0. The Kier molecular flexibility index (Phi) is 2.87. The number of aliphatic hydroxyl groups excluding tert-OH is 1. The van der Waals surface area contributed by atoms with Crippen LogP contribution in [0, 0.1) is 0 Å². The third kappa shape index (κ3) is 1.77. The van der Waals surface area contributed by atoms with Crippen molar-refractivity contribution in [3.8, 4) is 0 Å². The SMILES string of the molecule is CCOC(=O)c1cccc2nc(CO)cn12. The number of esters is 1. The van der Waals surface area contributed by atoms with Crippen LogP contribution in [0.1, 0.15) is 23.1 Å². The maximum atomic E-state index is 11.6. The first kappa shape index (κ1) is 10.6. The van der Waals surface area contributed by atoms with Gasteiger partial charge in [-0.25, -0.2) is 9.78 Å². The molecule has 0 aliphatic heterocycles. The molecule has 0 fully saturated rings. The lowest BCUT2D eigenvalue weighted by atomic mass is 10.3. The number of ether oxygens (including phenoxy) is 1. The van der Waals surface area contributed by atoms with Crippen LogP contribution in [0.3, 0.4) is 0 Å². The van der Waals surface area contributed by atoms with Crippen molar-refractivity contribution in [1.29, 1.82) is 0 Å². The van der Waals surface area contributed by atoms with E-state index < -0.39 is 5.97 Å². The average molecular weight is 220 g/mol. The number of aliphatic hydroxyl groups is 1. The van der Waals surface area contributed by atoms with Crippen LogP contribution in [-0.4, -0.2) is 27.1 Å². The second-order valence-electron chi connectivity index (χ2n) is 3.25. The molecule has 2 rings (SSSR count). The number of fused-ring (bicyclic) bond motifs is 1. The molecule has 0 unspecified atom stereocenters. The van der Waals surface area contributed by atoms with E-state index in [4.69, 9.17) is 9.84 Å². The number of hydrogen-bond acceptors (Lipinski definition) is 4. The Morgan fingerprint density at radius 3 is 3.06 bits per heavy atom. The second-order valence-corrected chi connectivity index (χ2v) is 3.25. The molecule has 2 heterocycles. The molecule has 5 nitrogen and oxygen atoms in total. The fourth-order valence-electron chi connectivity index (χ4n) is 1.51. The van der Waals surface area contributed by atoms with E-state index in [1.165, 1.54) is 0 Å². The summed E-state index contributed by atoms with van der Waals surface area (Å²) in [5.41, 5.74) is 1.55. The summed E-state index contributed by atoms with van der Waals surface area (Å²) >= 11 is 0. The fraction of sp³-hybridized carbons (Fsp3) is 0.273. The van der Waals surface area contributed by atoms with Crippen molar-refractivity contribution < 1.29 is 14.6 Å². The Hall–Kier alpha value is -1.88. The quantitative estimate of drug-likeness (QED) is 0.784. The number of aromatic nitrogens is 2. The first-order chi connectivity index (χ1) is 7.76. The molecule has 0 amide bonds. The van der Waals surface area contributed by atoms with Crippen LogP contribution >= 0.6 is 0 Å². The first-order valence-electron chi connectivity index (χ1n) is 5.01. The van der Waals surface area contributed by atoms with E-state index in [-0.39, 0.29) is 6.61 Å². The van der Waals surface area contributed by atoms with Gasteiger partial charge in [-0.05, 0) is 19.1 Å². The maximum Gasteiger partial charge on any atom is 0.355 e. The molecule has 0 spiro atoms. The summed E-state index contributed by atoms with van der Waals surface area (Å²) in [5, 5.41) is 8.98. The van der Waals surface area contributed by atoms with Crippen LogP contribution in [-0.2, 0) is 11.3 Å². The average Bonchev–Trinajstić information content (AvgIpc) is 2.71.